The van der Waals surface area contributed by atoms with Gasteiger partial charge in [0, 0.05) is 24.5 Å². The predicted octanol–water partition coefficient (Wildman–Crippen LogP) is 0.687. The molecule has 96 valence electrons. The van der Waals surface area contributed by atoms with Crippen LogP contribution in [0.4, 0.5) is 0 Å². The van der Waals surface area contributed by atoms with Crippen LogP contribution in [0.2, 0.25) is 0 Å². The third-order valence-electron chi connectivity index (χ3n) is 2.53. The quantitative estimate of drug-likeness (QED) is 0.718. The van der Waals surface area contributed by atoms with E-state index in [-0.39, 0.29) is 5.91 Å². The molecule has 17 heavy (non-hydrogen) atoms. The van der Waals surface area contributed by atoms with Crippen LogP contribution in [-0.2, 0) is 11.2 Å². The number of amides is 1. The van der Waals surface area contributed by atoms with Crippen molar-refractivity contribution in [1.82, 2.24) is 10.2 Å². The Balaban J connectivity index is 2.16. The third kappa shape index (κ3) is 5.81. The lowest BCUT2D eigenvalue weighted by Crippen LogP contribution is -2.40. The second kappa shape index (κ2) is 8.22. The summed E-state index contributed by atoms with van der Waals surface area (Å²) in [5.74, 6) is 0.0804. The van der Waals surface area contributed by atoms with Gasteiger partial charge in [-0.25, -0.2) is 0 Å². The van der Waals surface area contributed by atoms with E-state index in [2.05, 4.69) is 16.8 Å². The third-order valence-corrected chi connectivity index (χ3v) is 3.47. The van der Waals surface area contributed by atoms with Crippen LogP contribution in [0.5, 0.6) is 0 Å². The monoisotopic (exact) mass is 255 g/mol. The van der Waals surface area contributed by atoms with Crippen molar-refractivity contribution in [2.24, 2.45) is 5.73 Å². The topological polar surface area (TPSA) is 58.4 Å². The van der Waals surface area contributed by atoms with Gasteiger partial charge < -0.3 is 11.1 Å². The van der Waals surface area contributed by atoms with Crippen molar-refractivity contribution in [2.75, 3.05) is 32.7 Å². The van der Waals surface area contributed by atoms with E-state index in [1.54, 1.807) is 11.3 Å². The van der Waals surface area contributed by atoms with Crippen molar-refractivity contribution >= 4 is 17.2 Å². The van der Waals surface area contributed by atoms with Crippen LogP contribution in [0.3, 0.4) is 0 Å². The van der Waals surface area contributed by atoms with Gasteiger partial charge in [0.2, 0.25) is 5.91 Å². The summed E-state index contributed by atoms with van der Waals surface area (Å²) in [5.41, 5.74) is 5.47. The van der Waals surface area contributed by atoms with Gasteiger partial charge in [-0.05, 0) is 24.4 Å². The van der Waals surface area contributed by atoms with Gasteiger partial charge in [-0.3, -0.25) is 9.69 Å². The van der Waals surface area contributed by atoms with Crippen LogP contribution in [0, 0.1) is 0 Å². The lowest BCUT2D eigenvalue weighted by molar-refractivity contribution is -0.122. The zero-order valence-corrected chi connectivity index (χ0v) is 11.1. The molecule has 0 atom stereocenters. The maximum atomic E-state index is 11.6. The molecule has 0 aliphatic heterocycles. The van der Waals surface area contributed by atoms with E-state index in [4.69, 9.17) is 5.73 Å². The Morgan fingerprint density at radius 3 is 3.00 bits per heavy atom. The van der Waals surface area contributed by atoms with Crippen LogP contribution in [-0.4, -0.2) is 43.5 Å². The Bertz CT molecular complexity index is 314. The van der Waals surface area contributed by atoms with E-state index < -0.39 is 0 Å². The lowest BCUT2D eigenvalue weighted by atomic mass is 10.3. The molecule has 1 heterocycles. The Kier molecular flexibility index (Phi) is 6.84. The van der Waals surface area contributed by atoms with Crippen molar-refractivity contribution in [3.8, 4) is 0 Å². The molecule has 0 saturated carbocycles. The average Bonchev–Trinajstić information content (AvgIpc) is 2.81. The summed E-state index contributed by atoms with van der Waals surface area (Å²) in [4.78, 5) is 15.0. The molecule has 4 nitrogen and oxygen atoms in total. The number of rotatable bonds is 8. The van der Waals surface area contributed by atoms with Crippen molar-refractivity contribution in [3.63, 3.8) is 0 Å². The van der Waals surface area contributed by atoms with Crippen LogP contribution in [0.25, 0.3) is 0 Å². The molecule has 1 amide bonds. The highest BCUT2D eigenvalue weighted by Gasteiger charge is 2.07. The smallest absolute Gasteiger partial charge is 0.234 e. The summed E-state index contributed by atoms with van der Waals surface area (Å²) in [7, 11) is 0. The van der Waals surface area contributed by atoms with Crippen molar-refractivity contribution in [3.05, 3.63) is 22.4 Å². The van der Waals surface area contributed by atoms with E-state index in [0.717, 1.165) is 19.5 Å². The van der Waals surface area contributed by atoms with E-state index in [1.807, 2.05) is 17.9 Å². The molecule has 3 N–H and O–H groups in total. The number of nitrogens with zero attached hydrogens (tertiary/aromatic N) is 1. The minimum absolute atomic E-state index is 0.0804. The zero-order chi connectivity index (χ0) is 12.5. The molecule has 1 rings (SSSR count). The van der Waals surface area contributed by atoms with Gasteiger partial charge in [0.05, 0.1) is 6.54 Å². The first-order chi connectivity index (χ1) is 8.26. The van der Waals surface area contributed by atoms with Crippen molar-refractivity contribution in [1.29, 1.82) is 0 Å². The Morgan fingerprint density at radius 2 is 2.41 bits per heavy atom. The fraction of sp³-hybridized carbons (Fsp3) is 0.583. The molecule has 0 aliphatic carbocycles. The largest absolute Gasteiger partial charge is 0.355 e. The summed E-state index contributed by atoms with van der Waals surface area (Å²) < 4.78 is 0. The Labute approximate surface area is 107 Å². The van der Waals surface area contributed by atoms with Crippen LogP contribution in [0.15, 0.2) is 17.5 Å². The molecule has 0 unspecified atom stereocenters. The second-order valence-electron chi connectivity index (χ2n) is 3.84. The molecule has 5 heteroatoms. The molecule has 1 aromatic rings. The van der Waals surface area contributed by atoms with Gasteiger partial charge >= 0.3 is 0 Å². The number of carbonyl (C=O) groups excluding carboxylic acids is 1. The van der Waals surface area contributed by atoms with E-state index in [0.29, 0.717) is 19.6 Å². The Morgan fingerprint density at radius 1 is 1.59 bits per heavy atom. The summed E-state index contributed by atoms with van der Waals surface area (Å²) in [6, 6.07) is 4.12. The standard InChI is InChI=1S/C12H21N3OS/c1-2-15(8-6-13)10-12(16)14-7-5-11-4-3-9-17-11/h3-4,9H,2,5-8,10,13H2,1H3,(H,14,16). The second-order valence-corrected chi connectivity index (χ2v) is 4.87. The van der Waals surface area contributed by atoms with E-state index >= 15 is 0 Å². The fourth-order valence-corrected chi connectivity index (χ4v) is 2.28. The van der Waals surface area contributed by atoms with Gasteiger partial charge in [-0.2, -0.15) is 0 Å². The first kappa shape index (κ1) is 14.2. The van der Waals surface area contributed by atoms with E-state index in [1.165, 1.54) is 4.88 Å². The first-order valence-electron chi connectivity index (χ1n) is 5.97. The van der Waals surface area contributed by atoms with Gasteiger partial charge in [0.1, 0.15) is 0 Å². The number of nitrogens with two attached hydrogens (primary N) is 1. The number of hydrogen-bond donors (Lipinski definition) is 2. The van der Waals surface area contributed by atoms with Gasteiger partial charge in [-0.15, -0.1) is 11.3 Å². The summed E-state index contributed by atoms with van der Waals surface area (Å²) >= 11 is 1.72. The molecule has 0 aromatic carbocycles. The number of hydrogen-bond acceptors (Lipinski definition) is 4. The number of nitrogens with one attached hydrogen (secondary N) is 1. The molecule has 0 aliphatic rings. The predicted molar refractivity (Wildman–Crippen MR) is 72.2 cm³/mol. The Hall–Kier alpha value is -0.910. The molecule has 0 saturated heterocycles. The molecular formula is C12H21N3OS. The van der Waals surface area contributed by atoms with Gasteiger partial charge in [-0.1, -0.05) is 13.0 Å². The fourth-order valence-electron chi connectivity index (χ4n) is 1.57. The van der Waals surface area contributed by atoms with Crippen molar-refractivity contribution < 1.29 is 4.79 Å². The van der Waals surface area contributed by atoms with Crippen molar-refractivity contribution in [2.45, 2.75) is 13.3 Å². The van der Waals surface area contributed by atoms with Gasteiger partial charge in [0.15, 0.2) is 0 Å². The number of thiophene rings is 1. The van der Waals surface area contributed by atoms with Crippen LogP contribution in [0.1, 0.15) is 11.8 Å². The summed E-state index contributed by atoms with van der Waals surface area (Å²) in [6.45, 7) is 5.41. The maximum absolute atomic E-state index is 11.6. The number of likely N-dealkylation sites (N-methyl/N-ethyl adjacent to an activating group) is 1. The minimum Gasteiger partial charge on any atom is -0.355 e. The highest BCUT2D eigenvalue weighted by Crippen LogP contribution is 2.07. The zero-order valence-electron chi connectivity index (χ0n) is 10.3. The number of carbonyl (C=O) groups is 1. The van der Waals surface area contributed by atoms with Crippen LogP contribution < -0.4 is 11.1 Å². The van der Waals surface area contributed by atoms with Crippen LogP contribution >= 0.6 is 11.3 Å². The molecule has 0 spiro atoms. The lowest BCUT2D eigenvalue weighted by Gasteiger charge is -2.18. The molecule has 0 radical (unpaired) electrons. The molecule has 0 fully saturated rings. The minimum atomic E-state index is 0.0804. The normalized spacial score (nSPS) is 10.8. The summed E-state index contributed by atoms with van der Waals surface area (Å²) in [6.07, 6.45) is 0.909. The molecule has 1 aromatic heterocycles. The SMILES string of the molecule is CCN(CCN)CC(=O)NCCc1cccs1. The highest BCUT2D eigenvalue weighted by molar-refractivity contribution is 7.09. The average molecular weight is 255 g/mol. The molecular weight excluding hydrogens is 234 g/mol. The maximum Gasteiger partial charge on any atom is 0.234 e. The summed E-state index contributed by atoms with van der Waals surface area (Å²) in [5, 5.41) is 4.98. The van der Waals surface area contributed by atoms with E-state index in [9.17, 15) is 4.79 Å². The first-order valence-corrected chi connectivity index (χ1v) is 6.85. The molecule has 0 bridgehead atoms. The van der Waals surface area contributed by atoms with Gasteiger partial charge in [0.25, 0.3) is 0 Å². The highest BCUT2D eigenvalue weighted by atomic mass is 32.1.